The fourth-order valence-electron chi connectivity index (χ4n) is 1.01. The van der Waals surface area contributed by atoms with E-state index >= 15 is 0 Å². The van der Waals surface area contributed by atoms with Gasteiger partial charge in [0, 0.05) is 0 Å². The van der Waals surface area contributed by atoms with Crippen LogP contribution in [-0.2, 0) is 12.8 Å². The van der Waals surface area contributed by atoms with Gasteiger partial charge in [-0.3, -0.25) is 0 Å². The summed E-state index contributed by atoms with van der Waals surface area (Å²) < 4.78 is 0. The second-order valence-corrected chi connectivity index (χ2v) is 2.52. The van der Waals surface area contributed by atoms with E-state index in [9.17, 15) is 0 Å². The van der Waals surface area contributed by atoms with Crippen molar-refractivity contribution in [3.8, 4) is 0 Å². The van der Waals surface area contributed by atoms with E-state index in [-0.39, 0.29) is 29.6 Å². The van der Waals surface area contributed by atoms with Crippen LogP contribution in [0.15, 0.2) is 24.3 Å². The molecule has 0 aliphatic rings. The van der Waals surface area contributed by atoms with Gasteiger partial charge in [0.2, 0.25) is 0 Å². The minimum atomic E-state index is 0. The van der Waals surface area contributed by atoms with E-state index in [1.165, 1.54) is 11.1 Å². The molecule has 1 aromatic carbocycles. The molecule has 0 bridgehead atoms. The summed E-state index contributed by atoms with van der Waals surface area (Å²) in [4.78, 5) is 0. The average molecular weight is 158 g/mol. The Morgan fingerprint density at radius 1 is 0.818 bits per heavy atom. The molecule has 1 heteroatoms. The predicted octanol–water partition coefficient (Wildman–Crippen LogP) is 2.16. The summed E-state index contributed by atoms with van der Waals surface area (Å²) in [6.07, 6.45) is 2.29. The first-order valence-corrected chi connectivity index (χ1v) is 3.94. The van der Waals surface area contributed by atoms with Gasteiger partial charge < -0.3 is 0 Å². The van der Waals surface area contributed by atoms with Gasteiger partial charge in [0.05, 0.1) is 0 Å². The van der Waals surface area contributed by atoms with Crippen LogP contribution in [0.5, 0.6) is 0 Å². The van der Waals surface area contributed by atoms with E-state index in [1.807, 2.05) is 0 Å². The summed E-state index contributed by atoms with van der Waals surface area (Å²) in [6.45, 7) is 4.36. The number of rotatable bonds is 2. The SMILES string of the molecule is CCc1ccc(CC)cc1.[NaH]. The zero-order valence-corrected chi connectivity index (χ0v) is 6.72. The molecule has 0 N–H and O–H groups in total. The summed E-state index contributed by atoms with van der Waals surface area (Å²) in [6, 6.07) is 8.83. The van der Waals surface area contributed by atoms with Crippen molar-refractivity contribution in [1.29, 1.82) is 0 Å². The third kappa shape index (κ3) is 3.42. The number of aryl methyl sites for hydroxylation is 2. The van der Waals surface area contributed by atoms with Crippen molar-refractivity contribution in [3.05, 3.63) is 35.4 Å². The van der Waals surface area contributed by atoms with Gasteiger partial charge in [-0.05, 0) is 24.0 Å². The molecule has 0 fully saturated rings. The van der Waals surface area contributed by atoms with Crippen molar-refractivity contribution >= 4 is 29.6 Å². The van der Waals surface area contributed by atoms with Crippen molar-refractivity contribution in [2.75, 3.05) is 0 Å². The molecular weight excluding hydrogens is 143 g/mol. The average Bonchev–Trinajstić information content (AvgIpc) is 2.05. The van der Waals surface area contributed by atoms with Crippen LogP contribution in [0.2, 0.25) is 0 Å². The molecule has 0 heterocycles. The van der Waals surface area contributed by atoms with Gasteiger partial charge in [0.15, 0.2) is 0 Å². The standard InChI is InChI=1S/C10H14.Na.H/c1-3-9-5-7-10(4-2)8-6-9;;/h5-8H,3-4H2,1-2H3;;. The number of hydrogen-bond acceptors (Lipinski definition) is 0. The molecule has 0 amide bonds. The summed E-state index contributed by atoms with van der Waals surface area (Å²) >= 11 is 0. The van der Waals surface area contributed by atoms with E-state index in [4.69, 9.17) is 0 Å². The molecule has 0 radical (unpaired) electrons. The molecule has 0 aliphatic heterocycles. The Kier molecular flexibility index (Phi) is 5.93. The molecule has 0 aromatic heterocycles. The van der Waals surface area contributed by atoms with Crippen molar-refractivity contribution < 1.29 is 0 Å². The summed E-state index contributed by atoms with van der Waals surface area (Å²) in [5, 5.41) is 0. The Balaban J connectivity index is 0.000001000. The maximum absolute atomic E-state index is 2.21. The molecule has 0 nitrogen and oxygen atoms in total. The summed E-state index contributed by atoms with van der Waals surface area (Å²) in [7, 11) is 0. The monoisotopic (exact) mass is 158 g/mol. The van der Waals surface area contributed by atoms with Crippen LogP contribution in [0.1, 0.15) is 25.0 Å². The van der Waals surface area contributed by atoms with Crippen LogP contribution in [-0.4, -0.2) is 29.6 Å². The Morgan fingerprint density at radius 3 is 1.27 bits per heavy atom. The van der Waals surface area contributed by atoms with Crippen molar-refractivity contribution in [2.24, 2.45) is 0 Å². The maximum atomic E-state index is 2.21. The first kappa shape index (κ1) is 11.2. The molecule has 0 unspecified atom stereocenters. The molecule has 0 saturated carbocycles. The Bertz CT molecular complexity index is 166. The van der Waals surface area contributed by atoms with E-state index in [2.05, 4.69) is 38.1 Å². The molecule has 0 aliphatic carbocycles. The molecule has 0 spiro atoms. The topological polar surface area (TPSA) is 0 Å². The quantitative estimate of drug-likeness (QED) is 0.579. The van der Waals surface area contributed by atoms with E-state index in [0.29, 0.717) is 0 Å². The van der Waals surface area contributed by atoms with E-state index in [0.717, 1.165) is 12.8 Å². The van der Waals surface area contributed by atoms with Gasteiger partial charge in [-0.25, -0.2) is 0 Å². The third-order valence-electron chi connectivity index (χ3n) is 1.84. The zero-order valence-electron chi connectivity index (χ0n) is 6.72. The van der Waals surface area contributed by atoms with Crippen molar-refractivity contribution in [1.82, 2.24) is 0 Å². The normalized spacial score (nSPS) is 8.91. The van der Waals surface area contributed by atoms with E-state index in [1.54, 1.807) is 0 Å². The second kappa shape index (κ2) is 5.82. The Morgan fingerprint density at radius 2 is 1.09 bits per heavy atom. The van der Waals surface area contributed by atoms with Gasteiger partial charge in [0.1, 0.15) is 0 Å². The van der Waals surface area contributed by atoms with Crippen LogP contribution < -0.4 is 0 Å². The first-order chi connectivity index (χ1) is 4.86. The Labute approximate surface area is 91.3 Å². The van der Waals surface area contributed by atoms with E-state index < -0.39 is 0 Å². The summed E-state index contributed by atoms with van der Waals surface area (Å²) in [5.74, 6) is 0. The molecule has 11 heavy (non-hydrogen) atoms. The molecule has 1 rings (SSSR count). The molecular formula is C10H15Na. The zero-order chi connectivity index (χ0) is 7.40. The van der Waals surface area contributed by atoms with Crippen LogP contribution in [0.25, 0.3) is 0 Å². The minimum absolute atomic E-state index is 0. The van der Waals surface area contributed by atoms with Gasteiger partial charge in [0.25, 0.3) is 0 Å². The summed E-state index contributed by atoms with van der Waals surface area (Å²) in [5.41, 5.74) is 2.86. The van der Waals surface area contributed by atoms with Crippen LogP contribution >= 0.6 is 0 Å². The first-order valence-electron chi connectivity index (χ1n) is 3.94. The molecule has 0 atom stereocenters. The molecule has 1 aromatic rings. The van der Waals surface area contributed by atoms with Crippen molar-refractivity contribution in [3.63, 3.8) is 0 Å². The van der Waals surface area contributed by atoms with Gasteiger partial charge in [-0.1, -0.05) is 38.1 Å². The van der Waals surface area contributed by atoms with Gasteiger partial charge >= 0.3 is 29.6 Å². The Hall–Kier alpha value is 0.220. The predicted molar refractivity (Wildman–Crippen MR) is 52.3 cm³/mol. The number of hydrogen-bond donors (Lipinski definition) is 0. The fourth-order valence-corrected chi connectivity index (χ4v) is 1.01. The van der Waals surface area contributed by atoms with Gasteiger partial charge in [-0.2, -0.15) is 0 Å². The third-order valence-corrected chi connectivity index (χ3v) is 1.84. The molecule has 56 valence electrons. The van der Waals surface area contributed by atoms with Crippen LogP contribution in [0.3, 0.4) is 0 Å². The molecule has 0 saturated heterocycles. The number of benzene rings is 1. The van der Waals surface area contributed by atoms with Gasteiger partial charge in [-0.15, -0.1) is 0 Å². The van der Waals surface area contributed by atoms with Crippen LogP contribution in [0.4, 0.5) is 0 Å². The second-order valence-electron chi connectivity index (χ2n) is 2.52. The van der Waals surface area contributed by atoms with Crippen molar-refractivity contribution in [2.45, 2.75) is 26.7 Å². The fraction of sp³-hybridized carbons (Fsp3) is 0.400. The van der Waals surface area contributed by atoms with Crippen LogP contribution in [0, 0.1) is 0 Å².